The zero-order valence-corrected chi connectivity index (χ0v) is 11.1. The van der Waals surface area contributed by atoms with Crippen molar-refractivity contribution in [2.45, 2.75) is 25.8 Å². The third kappa shape index (κ3) is 5.55. The minimum Gasteiger partial charge on any atom is -0.396 e. The van der Waals surface area contributed by atoms with E-state index in [0.717, 1.165) is 0 Å². The molecule has 2 nitrogen and oxygen atoms in total. The average Bonchev–Trinajstić information content (AvgIpc) is 2.36. The van der Waals surface area contributed by atoms with E-state index in [-0.39, 0.29) is 37.2 Å². The summed E-state index contributed by atoms with van der Waals surface area (Å²) in [6.07, 6.45) is -9.68. The van der Waals surface area contributed by atoms with Crippen LogP contribution in [0.15, 0.2) is 18.2 Å². The monoisotopic (exact) mass is 315 g/mol. The number of benzene rings is 1. The fraction of sp³-hybridized carbons (Fsp3) is 0.538. The van der Waals surface area contributed by atoms with E-state index in [1.807, 2.05) is 0 Å². The second-order valence-corrected chi connectivity index (χ2v) is 4.83. The smallest absolute Gasteiger partial charge is 0.396 e. The van der Waals surface area contributed by atoms with Crippen molar-refractivity contribution in [3.8, 4) is 0 Å². The highest BCUT2D eigenvalue weighted by Gasteiger charge is 2.36. The average molecular weight is 315 g/mol. The Kier molecular flexibility index (Phi) is 5.63. The van der Waals surface area contributed by atoms with E-state index in [0.29, 0.717) is 12.1 Å². The van der Waals surface area contributed by atoms with Crippen LogP contribution in [0.25, 0.3) is 0 Å². The van der Waals surface area contributed by atoms with Crippen LogP contribution in [0.5, 0.6) is 0 Å². The minimum atomic E-state index is -4.84. The number of aliphatic hydroxyl groups excluding tert-OH is 1. The molecule has 0 amide bonds. The molecule has 1 aromatic rings. The normalized spacial score (nSPS) is 14.3. The van der Waals surface area contributed by atoms with Gasteiger partial charge in [-0.05, 0) is 29.7 Å². The predicted octanol–water partition coefficient (Wildman–Crippen LogP) is 3.44. The van der Waals surface area contributed by atoms with Crippen molar-refractivity contribution in [1.29, 1.82) is 0 Å². The lowest BCUT2D eigenvalue weighted by atomic mass is 10.0. The van der Waals surface area contributed by atoms with Crippen LogP contribution in [0.2, 0.25) is 0 Å². The summed E-state index contributed by atoms with van der Waals surface area (Å²) in [5, 5.41) is 11.5. The van der Waals surface area contributed by atoms with Crippen molar-refractivity contribution in [3.63, 3.8) is 0 Å². The van der Waals surface area contributed by atoms with Gasteiger partial charge in [-0.1, -0.05) is 6.92 Å². The Labute approximate surface area is 117 Å². The van der Waals surface area contributed by atoms with Crippen LogP contribution >= 0.6 is 0 Å². The zero-order valence-electron chi connectivity index (χ0n) is 11.1. The highest BCUT2D eigenvalue weighted by Crippen LogP contribution is 2.36. The molecule has 0 unspecified atom stereocenters. The van der Waals surface area contributed by atoms with Crippen LogP contribution in [0, 0.1) is 5.92 Å². The molecular weight excluding hydrogens is 300 g/mol. The zero-order chi connectivity index (χ0) is 16.3. The van der Waals surface area contributed by atoms with Gasteiger partial charge in [0.25, 0.3) is 0 Å². The highest BCUT2D eigenvalue weighted by atomic mass is 19.4. The SMILES string of the molecule is C[C@@H](CO)CNCc1cc(C(F)(F)F)cc(C(F)(F)F)c1. The van der Waals surface area contributed by atoms with Crippen molar-refractivity contribution in [2.75, 3.05) is 13.2 Å². The maximum absolute atomic E-state index is 12.6. The second kappa shape index (κ2) is 6.65. The predicted molar refractivity (Wildman–Crippen MR) is 64.4 cm³/mol. The number of hydrogen-bond donors (Lipinski definition) is 2. The Hall–Kier alpha value is -1.28. The molecule has 0 saturated heterocycles. The lowest BCUT2D eigenvalue weighted by Gasteiger charge is -2.15. The van der Waals surface area contributed by atoms with Crippen LogP contribution in [0.3, 0.4) is 0 Å². The Morgan fingerprint density at radius 3 is 1.86 bits per heavy atom. The topological polar surface area (TPSA) is 32.3 Å². The summed E-state index contributed by atoms with van der Waals surface area (Å²) in [6.45, 7) is 1.72. The molecule has 0 spiro atoms. The molecule has 0 saturated carbocycles. The summed E-state index contributed by atoms with van der Waals surface area (Å²) >= 11 is 0. The van der Waals surface area contributed by atoms with Gasteiger partial charge in [-0.3, -0.25) is 0 Å². The van der Waals surface area contributed by atoms with Crippen molar-refractivity contribution < 1.29 is 31.4 Å². The van der Waals surface area contributed by atoms with Crippen LogP contribution in [0.4, 0.5) is 26.3 Å². The quantitative estimate of drug-likeness (QED) is 0.816. The largest absolute Gasteiger partial charge is 0.416 e. The first kappa shape index (κ1) is 17.8. The van der Waals surface area contributed by atoms with Gasteiger partial charge in [0.05, 0.1) is 11.1 Å². The second-order valence-electron chi connectivity index (χ2n) is 4.83. The molecule has 0 fully saturated rings. The molecule has 0 aliphatic rings. The number of aliphatic hydroxyl groups is 1. The molecule has 21 heavy (non-hydrogen) atoms. The van der Waals surface area contributed by atoms with Crippen LogP contribution in [-0.4, -0.2) is 18.3 Å². The lowest BCUT2D eigenvalue weighted by Crippen LogP contribution is -2.23. The first-order chi connectivity index (χ1) is 9.54. The molecule has 0 radical (unpaired) electrons. The van der Waals surface area contributed by atoms with Gasteiger partial charge in [-0.25, -0.2) is 0 Å². The summed E-state index contributed by atoms with van der Waals surface area (Å²) in [4.78, 5) is 0. The summed E-state index contributed by atoms with van der Waals surface area (Å²) in [5.41, 5.74) is -2.77. The lowest BCUT2D eigenvalue weighted by molar-refractivity contribution is -0.143. The summed E-state index contributed by atoms with van der Waals surface area (Å²) < 4.78 is 75.7. The maximum Gasteiger partial charge on any atom is 0.416 e. The van der Waals surface area contributed by atoms with Crippen molar-refractivity contribution >= 4 is 0 Å². The van der Waals surface area contributed by atoms with Crippen molar-refractivity contribution in [1.82, 2.24) is 5.32 Å². The first-order valence-corrected chi connectivity index (χ1v) is 6.14. The third-order valence-corrected chi connectivity index (χ3v) is 2.78. The van der Waals surface area contributed by atoms with Gasteiger partial charge in [0.2, 0.25) is 0 Å². The maximum atomic E-state index is 12.6. The van der Waals surface area contributed by atoms with E-state index in [1.165, 1.54) is 0 Å². The molecule has 0 aromatic heterocycles. The molecule has 1 rings (SSSR count). The third-order valence-electron chi connectivity index (χ3n) is 2.78. The van der Waals surface area contributed by atoms with Crippen LogP contribution < -0.4 is 5.32 Å². The standard InChI is InChI=1S/C13H15F6NO/c1-8(7-21)5-20-6-9-2-10(12(14,15)16)4-11(3-9)13(17,18)19/h2-4,8,20-21H,5-7H2,1H3/t8-/m1/s1. The van der Waals surface area contributed by atoms with Gasteiger partial charge in [0.15, 0.2) is 0 Å². The number of hydrogen-bond acceptors (Lipinski definition) is 2. The minimum absolute atomic E-state index is 0.0971. The molecule has 0 aliphatic carbocycles. The van der Waals surface area contributed by atoms with E-state index in [9.17, 15) is 26.3 Å². The summed E-state index contributed by atoms with van der Waals surface area (Å²) in [6, 6.07) is 1.47. The first-order valence-electron chi connectivity index (χ1n) is 6.14. The summed E-state index contributed by atoms with van der Waals surface area (Å²) in [7, 11) is 0. The Morgan fingerprint density at radius 2 is 1.48 bits per heavy atom. The van der Waals surface area contributed by atoms with Gasteiger partial charge in [0.1, 0.15) is 0 Å². The molecule has 0 aliphatic heterocycles. The van der Waals surface area contributed by atoms with E-state index >= 15 is 0 Å². The van der Waals surface area contributed by atoms with Gasteiger partial charge >= 0.3 is 12.4 Å². The fourth-order valence-electron chi connectivity index (χ4n) is 1.65. The molecule has 0 bridgehead atoms. The van der Waals surface area contributed by atoms with Crippen LogP contribution in [-0.2, 0) is 18.9 Å². The van der Waals surface area contributed by atoms with Gasteiger partial charge in [-0.2, -0.15) is 26.3 Å². The Balaban J connectivity index is 2.98. The molecular formula is C13H15F6NO. The van der Waals surface area contributed by atoms with E-state index in [4.69, 9.17) is 5.11 Å². The fourth-order valence-corrected chi connectivity index (χ4v) is 1.65. The van der Waals surface area contributed by atoms with E-state index in [1.54, 1.807) is 6.92 Å². The molecule has 8 heteroatoms. The van der Waals surface area contributed by atoms with Crippen molar-refractivity contribution in [2.24, 2.45) is 5.92 Å². The highest BCUT2D eigenvalue weighted by molar-refractivity contribution is 5.33. The molecule has 1 aromatic carbocycles. The number of rotatable bonds is 5. The summed E-state index contributed by atoms with van der Waals surface area (Å²) in [5.74, 6) is -0.141. The van der Waals surface area contributed by atoms with Gasteiger partial charge in [0, 0.05) is 19.7 Å². The Bertz CT molecular complexity index is 436. The number of halogens is 6. The molecule has 1 atom stereocenters. The molecule has 2 N–H and O–H groups in total. The molecule has 0 heterocycles. The van der Waals surface area contributed by atoms with E-state index < -0.39 is 23.5 Å². The number of alkyl halides is 6. The van der Waals surface area contributed by atoms with E-state index in [2.05, 4.69) is 5.32 Å². The Morgan fingerprint density at radius 1 is 1.00 bits per heavy atom. The van der Waals surface area contributed by atoms with Crippen molar-refractivity contribution in [3.05, 3.63) is 34.9 Å². The number of nitrogens with one attached hydrogen (secondary N) is 1. The molecule has 120 valence electrons. The van der Waals surface area contributed by atoms with Gasteiger partial charge < -0.3 is 10.4 Å². The van der Waals surface area contributed by atoms with Crippen LogP contribution in [0.1, 0.15) is 23.6 Å². The van der Waals surface area contributed by atoms with Gasteiger partial charge in [-0.15, -0.1) is 0 Å².